The topological polar surface area (TPSA) is 78.5 Å². The number of rotatable bonds is 7. The molecule has 0 heterocycles. The van der Waals surface area contributed by atoms with Gasteiger partial charge in [0.15, 0.2) is 0 Å². The molecule has 0 saturated carbocycles. The van der Waals surface area contributed by atoms with Gasteiger partial charge >= 0.3 is 0 Å². The lowest BCUT2D eigenvalue weighted by molar-refractivity contribution is -0.133. The number of likely N-dealkylation sites (N-methyl/N-ethyl adjacent to an activating group) is 1. The number of carbonyl (C=O) groups is 3. The van der Waals surface area contributed by atoms with Gasteiger partial charge in [-0.15, -0.1) is 11.8 Å². The van der Waals surface area contributed by atoms with Crippen LogP contribution in [0.2, 0.25) is 0 Å². The molecule has 1 atom stereocenters. The summed E-state index contributed by atoms with van der Waals surface area (Å²) in [6.07, 6.45) is 0. The predicted molar refractivity (Wildman–Crippen MR) is 93.4 cm³/mol. The van der Waals surface area contributed by atoms with Crippen LogP contribution in [0, 0.1) is 6.92 Å². The van der Waals surface area contributed by atoms with Gasteiger partial charge in [0.1, 0.15) is 6.04 Å². The fourth-order valence-corrected chi connectivity index (χ4v) is 2.43. The lowest BCUT2D eigenvalue weighted by Crippen LogP contribution is -2.44. The maximum absolute atomic E-state index is 11.8. The minimum absolute atomic E-state index is 0.131. The van der Waals surface area contributed by atoms with Gasteiger partial charge in [0, 0.05) is 19.8 Å². The lowest BCUT2D eigenvalue weighted by atomic mass is 10.2. The smallest absolute Gasteiger partial charge is 0.244 e. The summed E-state index contributed by atoms with van der Waals surface area (Å²) in [5, 5.41) is 5.37. The number of amides is 3. The monoisotopic (exact) mass is 337 g/mol. The van der Waals surface area contributed by atoms with E-state index in [0.29, 0.717) is 0 Å². The molecule has 1 aromatic rings. The van der Waals surface area contributed by atoms with E-state index in [2.05, 4.69) is 10.6 Å². The summed E-state index contributed by atoms with van der Waals surface area (Å²) in [4.78, 5) is 36.5. The highest BCUT2D eigenvalue weighted by molar-refractivity contribution is 8.00. The maximum Gasteiger partial charge on any atom is 0.244 e. The van der Waals surface area contributed by atoms with Crippen LogP contribution in [0.25, 0.3) is 0 Å². The molecule has 3 amide bonds. The highest BCUT2D eigenvalue weighted by Gasteiger charge is 2.17. The second kappa shape index (κ2) is 9.19. The minimum atomic E-state index is -0.570. The Hall–Kier alpha value is -2.02. The second-order valence-electron chi connectivity index (χ2n) is 5.43. The Balaban J connectivity index is 2.27. The summed E-state index contributed by atoms with van der Waals surface area (Å²) in [5.74, 6) is -0.283. The molecule has 23 heavy (non-hydrogen) atoms. The van der Waals surface area contributed by atoms with Crippen molar-refractivity contribution in [2.45, 2.75) is 19.9 Å². The summed E-state index contributed by atoms with van der Waals surface area (Å²) >= 11 is 1.20. The van der Waals surface area contributed by atoms with E-state index in [9.17, 15) is 14.4 Å². The number of carbonyl (C=O) groups excluding carboxylic acids is 3. The van der Waals surface area contributed by atoms with E-state index >= 15 is 0 Å². The molecule has 6 nitrogen and oxygen atoms in total. The molecule has 2 N–H and O–H groups in total. The van der Waals surface area contributed by atoms with E-state index in [0.717, 1.165) is 11.3 Å². The van der Waals surface area contributed by atoms with Gasteiger partial charge in [-0.05, 0) is 26.0 Å². The minimum Gasteiger partial charge on any atom is -0.347 e. The molecule has 0 aromatic heterocycles. The van der Waals surface area contributed by atoms with Gasteiger partial charge in [-0.2, -0.15) is 0 Å². The highest BCUT2D eigenvalue weighted by Crippen LogP contribution is 2.09. The van der Waals surface area contributed by atoms with Crippen molar-refractivity contribution < 1.29 is 14.4 Å². The van der Waals surface area contributed by atoms with Gasteiger partial charge in [-0.3, -0.25) is 14.4 Å². The lowest BCUT2D eigenvalue weighted by Gasteiger charge is -2.17. The number of thioether (sulfide) groups is 1. The summed E-state index contributed by atoms with van der Waals surface area (Å²) in [6, 6.07) is 6.93. The normalized spacial score (nSPS) is 11.5. The predicted octanol–water partition coefficient (Wildman–Crippen LogP) is 1.26. The molecule has 0 radical (unpaired) electrons. The first-order valence-electron chi connectivity index (χ1n) is 7.24. The molecular weight excluding hydrogens is 314 g/mol. The fourth-order valence-electron chi connectivity index (χ4n) is 1.80. The number of nitrogens with one attached hydrogen (secondary N) is 2. The first-order valence-corrected chi connectivity index (χ1v) is 8.40. The summed E-state index contributed by atoms with van der Waals surface area (Å²) in [5.41, 5.74) is 1.85. The Bertz CT molecular complexity index is 558. The summed E-state index contributed by atoms with van der Waals surface area (Å²) in [7, 11) is 3.27. The largest absolute Gasteiger partial charge is 0.347 e. The molecule has 0 spiro atoms. The van der Waals surface area contributed by atoms with Gasteiger partial charge in [0.25, 0.3) is 0 Å². The van der Waals surface area contributed by atoms with Crippen molar-refractivity contribution in [1.29, 1.82) is 0 Å². The van der Waals surface area contributed by atoms with Crippen molar-refractivity contribution in [3.05, 3.63) is 29.8 Å². The zero-order chi connectivity index (χ0) is 17.4. The van der Waals surface area contributed by atoms with Crippen molar-refractivity contribution in [1.82, 2.24) is 10.2 Å². The van der Waals surface area contributed by atoms with E-state index in [1.807, 2.05) is 31.2 Å². The highest BCUT2D eigenvalue weighted by atomic mass is 32.2. The van der Waals surface area contributed by atoms with E-state index in [4.69, 9.17) is 0 Å². The van der Waals surface area contributed by atoms with Gasteiger partial charge in [0.05, 0.1) is 11.5 Å². The Morgan fingerprint density at radius 2 is 1.65 bits per heavy atom. The van der Waals surface area contributed by atoms with Crippen LogP contribution in [-0.2, 0) is 14.4 Å². The Morgan fingerprint density at radius 1 is 1.09 bits per heavy atom. The van der Waals surface area contributed by atoms with Crippen molar-refractivity contribution in [2.75, 3.05) is 30.9 Å². The average molecular weight is 337 g/mol. The van der Waals surface area contributed by atoms with Gasteiger partial charge < -0.3 is 15.5 Å². The van der Waals surface area contributed by atoms with Crippen LogP contribution in [-0.4, -0.2) is 54.3 Å². The summed E-state index contributed by atoms with van der Waals surface area (Å²) in [6.45, 7) is 3.61. The third-order valence-corrected chi connectivity index (χ3v) is 3.92. The zero-order valence-corrected chi connectivity index (χ0v) is 14.7. The van der Waals surface area contributed by atoms with Gasteiger partial charge in [-0.1, -0.05) is 17.7 Å². The van der Waals surface area contributed by atoms with Crippen LogP contribution in [0.4, 0.5) is 5.69 Å². The van der Waals surface area contributed by atoms with E-state index in [-0.39, 0.29) is 29.2 Å². The van der Waals surface area contributed by atoms with E-state index in [1.165, 1.54) is 16.7 Å². The number of benzene rings is 1. The average Bonchev–Trinajstić information content (AvgIpc) is 2.48. The molecule has 0 aliphatic rings. The number of hydrogen-bond acceptors (Lipinski definition) is 4. The number of anilines is 1. The molecule has 1 aromatic carbocycles. The van der Waals surface area contributed by atoms with E-state index in [1.54, 1.807) is 21.0 Å². The molecule has 0 saturated heterocycles. The van der Waals surface area contributed by atoms with Crippen molar-refractivity contribution in [3.63, 3.8) is 0 Å². The summed E-state index contributed by atoms with van der Waals surface area (Å²) < 4.78 is 0. The first-order chi connectivity index (χ1) is 10.8. The van der Waals surface area contributed by atoms with Crippen LogP contribution in [0.1, 0.15) is 12.5 Å². The third kappa shape index (κ3) is 7.19. The molecule has 0 bridgehead atoms. The Kier molecular flexibility index (Phi) is 7.61. The molecule has 0 aliphatic carbocycles. The quantitative estimate of drug-likeness (QED) is 0.785. The number of hydrogen-bond donors (Lipinski definition) is 2. The molecule has 0 aliphatic heterocycles. The van der Waals surface area contributed by atoms with Crippen molar-refractivity contribution >= 4 is 35.2 Å². The standard InChI is InChI=1S/C16H23N3O3S/c1-11-5-7-13(8-6-11)18-15(21)10-23-9-14(20)17-12(2)16(22)19(3)4/h5-8,12H,9-10H2,1-4H3,(H,17,20)(H,18,21)/t12-/m0/s1. The van der Waals surface area contributed by atoms with Crippen LogP contribution in [0.3, 0.4) is 0 Å². The van der Waals surface area contributed by atoms with Crippen molar-refractivity contribution in [3.8, 4) is 0 Å². The first kappa shape index (κ1) is 19.0. The van der Waals surface area contributed by atoms with Gasteiger partial charge in [0.2, 0.25) is 17.7 Å². The van der Waals surface area contributed by atoms with Crippen LogP contribution >= 0.6 is 11.8 Å². The van der Waals surface area contributed by atoms with Crippen LogP contribution in [0.5, 0.6) is 0 Å². The molecule has 1 rings (SSSR count). The molecule has 0 fully saturated rings. The molecule has 0 unspecified atom stereocenters. The van der Waals surface area contributed by atoms with Crippen LogP contribution in [0.15, 0.2) is 24.3 Å². The Morgan fingerprint density at radius 3 is 2.22 bits per heavy atom. The second-order valence-corrected chi connectivity index (χ2v) is 6.41. The molecule has 7 heteroatoms. The van der Waals surface area contributed by atoms with E-state index < -0.39 is 6.04 Å². The maximum atomic E-state index is 11.8. The Labute approximate surface area is 141 Å². The van der Waals surface area contributed by atoms with Crippen LogP contribution < -0.4 is 10.6 Å². The SMILES string of the molecule is Cc1ccc(NC(=O)CSCC(=O)N[C@@H](C)C(=O)N(C)C)cc1. The number of aryl methyl sites for hydroxylation is 1. The molecule has 126 valence electrons. The number of nitrogens with zero attached hydrogens (tertiary/aromatic N) is 1. The fraction of sp³-hybridized carbons (Fsp3) is 0.438. The molecular formula is C16H23N3O3S. The van der Waals surface area contributed by atoms with Gasteiger partial charge in [-0.25, -0.2) is 0 Å². The third-order valence-electron chi connectivity index (χ3n) is 2.99. The van der Waals surface area contributed by atoms with Crippen molar-refractivity contribution in [2.24, 2.45) is 0 Å². The zero-order valence-electron chi connectivity index (χ0n) is 13.9.